The third kappa shape index (κ3) is 4.80. The second-order valence-electron chi connectivity index (χ2n) is 4.27. The van der Waals surface area contributed by atoms with Crippen LogP contribution in [0.2, 0.25) is 0 Å². The van der Waals surface area contributed by atoms with E-state index in [0.717, 1.165) is 12.5 Å². The minimum Gasteiger partial charge on any atom is -0.330 e. The van der Waals surface area contributed by atoms with Crippen LogP contribution in [-0.2, 0) is 0 Å². The van der Waals surface area contributed by atoms with Gasteiger partial charge in [0.2, 0.25) is 0 Å². The van der Waals surface area contributed by atoms with E-state index in [4.69, 9.17) is 5.73 Å². The zero-order valence-corrected chi connectivity index (χ0v) is 7.78. The Morgan fingerprint density at radius 1 is 1.30 bits per heavy atom. The van der Waals surface area contributed by atoms with Crippen LogP contribution in [0.25, 0.3) is 0 Å². The fourth-order valence-corrected chi connectivity index (χ4v) is 1.26. The third-order valence-electron chi connectivity index (χ3n) is 1.81. The van der Waals surface area contributed by atoms with Gasteiger partial charge in [0.15, 0.2) is 0 Å². The molecule has 1 atom stereocenters. The summed E-state index contributed by atoms with van der Waals surface area (Å²) in [7, 11) is 0. The van der Waals surface area contributed by atoms with E-state index >= 15 is 0 Å². The Hall–Kier alpha value is -0.0400. The first-order valence-electron chi connectivity index (χ1n) is 4.19. The second kappa shape index (κ2) is 3.97. The Balaban J connectivity index is 3.63. The maximum atomic E-state index is 5.59. The van der Waals surface area contributed by atoms with E-state index in [0.29, 0.717) is 5.41 Å². The Kier molecular flexibility index (Phi) is 3.95. The van der Waals surface area contributed by atoms with Crippen molar-refractivity contribution < 1.29 is 0 Å². The van der Waals surface area contributed by atoms with Crippen LogP contribution >= 0.6 is 0 Å². The Morgan fingerprint density at radius 2 is 1.80 bits per heavy atom. The summed E-state index contributed by atoms with van der Waals surface area (Å²) in [6, 6.07) is 0. The first-order chi connectivity index (χ1) is 4.49. The summed E-state index contributed by atoms with van der Waals surface area (Å²) in [5, 5.41) is 0. The minimum atomic E-state index is 0.444. The highest BCUT2D eigenvalue weighted by Crippen LogP contribution is 2.25. The summed E-state index contributed by atoms with van der Waals surface area (Å²) < 4.78 is 0. The molecule has 0 aromatic rings. The zero-order chi connectivity index (χ0) is 8.20. The molecule has 0 aromatic carbocycles. The van der Waals surface area contributed by atoms with E-state index < -0.39 is 0 Å². The number of hydrogen-bond acceptors (Lipinski definition) is 1. The molecule has 0 aromatic heterocycles. The van der Waals surface area contributed by atoms with Crippen LogP contribution in [0.4, 0.5) is 0 Å². The molecule has 0 aliphatic heterocycles. The van der Waals surface area contributed by atoms with Crippen LogP contribution in [-0.4, -0.2) is 6.54 Å². The molecule has 0 fully saturated rings. The molecule has 1 heteroatoms. The van der Waals surface area contributed by atoms with Gasteiger partial charge in [-0.3, -0.25) is 0 Å². The predicted octanol–water partition coefficient (Wildman–Crippen LogP) is 2.41. The van der Waals surface area contributed by atoms with E-state index in [2.05, 4.69) is 27.7 Å². The van der Waals surface area contributed by atoms with Gasteiger partial charge in [0, 0.05) is 0 Å². The maximum Gasteiger partial charge on any atom is -0.00488 e. The van der Waals surface area contributed by atoms with Gasteiger partial charge in [0.05, 0.1) is 0 Å². The lowest BCUT2D eigenvalue weighted by Gasteiger charge is -2.23. The highest BCUT2D eigenvalue weighted by Gasteiger charge is 2.15. The van der Waals surface area contributed by atoms with Gasteiger partial charge in [-0.15, -0.1) is 0 Å². The molecule has 0 saturated carbocycles. The highest BCUT2D eigenvalue weighted by molar-refractivity contribution is 4.68. The lowest BCUT2D eigenvalue weighted by Crippen LogP contribution is -2.20. The van der Waals surface area contributed by atoms with Gasteiger partial charge in [-0.25, -0.2) is 0 Å². The van der Waals surface area contributed by atoms with Crippen LogP contribution in [0, 0.1) is 11.3 Å². The molecule has 1 nitrogen and oxygen atoms in total. The third-order valence-corrected chi connectivity index (χ3v) is 1.81. The van der Waals surface area contributed by atoms with Crippen molar-refractivity contribution >= 4 is 0 Å². The topological polar surface area (TPSA) is 26.0 Å². The molecular formula is C9H21N. The van der Waals surface area contributed by atoms with Crippen molar-refractivity contribution in [2.24, 2.45) is 17.1 Å². The average Bonchev–Trinajstić information content (AvgIpc) is 1.81. The first kappa shape index (κ1) is 9.96. The summed E-state index contributed by atoms with van der Waals surface area (Å²) in [6.45, 7) is 9.86. The van der Waals surface area contributed by atoms with Crippen LogP contribution in [0.5, 0.6) is 0 Å². The van der Waals surface area contributed by atoms with Gasteiger partial charge in [-0.1, -0.05) is 34.1 Å². The van der Waals surface area contributed by atoms with Crippen LogP contribution in [0.3, 0.4) is 0 Å². The Bertz CT molecular complexity index is 77.2. The smallest absolute Gasteiger partial charge is 0.00488 e. The van der Waals surface area contributed by atoms with Gasteiger partial charge >= 0.3 is 0 Å². The van der Waals surface area contributed by atoms with E-state index in [-0.39, 0.29) is 0 Å². The van der Waals surface area contributed by atoms with Crippen LogP contribution in [0.1, 0.15) is 40.5 Å². The summed E-state index contributed by atoms with van der Waals surface area (Å²) in [6.07, 6.45) is 2.47. The maximum absolute atomic E-state index is 5.59. The normalized spacial score (nSPS) is 15.3. The quantitative estimate of drug-likeness (QED) is 0.645. The van der Waals surface area contributed by atoms with Crippen molar-refractivity contribution in [3.63, 3.8) is 0 Å². The molecule has 0 saturated heterocycles. The van der Waals surface area contributed by atoms with Gasteiger partial charge in [0.1, 0.15) is 0 Å². The minimum absolute atomic E-state index is 0.444. The fourth-order valence-electron chi connectivity index (χ4n) is 1.26. The first-order valence-corrected chi connectivity index (χ1v) is 4.19. The van der Waals surface area contributed by atoms with Crippen molar-refractivity contribution in [3.05, 3.63) is 0 Å². The molecule has 0 aliphatic rings. The summed E-state index contributed by atoms with van der Waals surface area (Å²) in [5.41, 5.74) is 6.03. The largest absolute Gasteiger partial charge is 0.330 e. The molecule has 0 aliphatic carbocycles. The van der Waals surface area contributed by atoms with Crippen molar-refractivity contribution in [2.45, 2.75) is 40.5 Å². The van der Waals surface area contributed by atoms with Gasteiger partial charge in [-0.05, 0) is 24.3 Å². The van der Waals surface area contributed by atoms with E-state index in [1.165, 1.54) is 12.8 Å². The SMILES string of the molecule is CCC(CN)CC(C)(C)C. The number of hydrogen-bond donors (Lipinski definition) is 1. The molecule has 10 heavy (non-hydrogen) atoms. The molecule has 2 N–H and O–H groups in total. The molecule has 0 amide bonds. The predicted molar refractivity (Wildman–Crippen MR) is 46.9 cm³/mol. The number of nitrogens with two attached hydrogens (primary N) is 1. The Labute approximate surface area is 65.0 Å². The van der Waals surface area contributed by atoms with E-state index in [1.807, 2.05) is 0 Å². The molecule has 0 radical (unpaired) electrons. The molecule has 1 unspecified atom stereocenters. The van der Waals surface area contributed by atoms with Crippen molar-refractivity contribution in [3.8, 4) is 0 Å². The van der Waals surface area contributed by atoms with Gasteiger partial charge in [-0.2, -0.15) is 0 Å². The molecule has 62 valence electrons. The van der Waals surface area contributed by atoms with Crippen molar-refractivity contribution in [1.29, 1.82) is 0 Å². The molecule has 0 rings (SSSR count). The lowest BCUT2D eigenvalue weighted by atomic mass is 9.84. The summed E-state index contributed by atoms with van der Waals surface area (Å²) in [5.74, 6) is 0.722. The molecule has 0 bridgehead atoms. The van der Waals surface area contributed by atoms with E-state index in [1.54, 1.807) is 0 Å². The highest BCUT2D eigenvalue weighted by atomic mass is 14.5. The van der Waals surface area contributed by atoms with Crippen LogP contribution in [0.15, 0.2) is 0 Å². The second-order valence-corrected chi connectivity index (χ2v) is 4.27. The van der Waals surface area contributed by atoms with Gasteiger partial charge < -0.3 is 5.73 Å². The molecular weight excluding hydrogens is 122 g/mol. The van der Waals surface area contributed by atoms with Crippen LogP contribution < -0.4 is 5.73 Å². The lowest BCUT2D eigenvalue weighted by molar-refractivity contribution is 0.292. The number of rotatable bonds is 3. The average molecular weight is 143 g/mol. The van der Waals surface area contributed by atoms with Crippen molar-refractivity contribution in [1.82, 2.24) is 0 Å². The zero-order valence-electron chi connectivity index (χ0n) is 7.78. The van der Waals surface area contributed by atoms with Crippen molar-refractivity contribution in [2.75, 3.05) is 6.54 Å². The monoisotopic (exact) mass is 143 g/mol. The summed E-state index contributed by atoms with van der Waals surface area (Å²) in [4.78, 5) is 0. The van der Waals surface area contributed by atoms with E-state index in [9.17, 15) is 0 Å². The standard InChI is InChI=1S/C9H21N/c1-5-8(7-10)6-9(2,3)4/h8H,5-7,10H2,1-4H3. The van der Waals surface area contributed by atoms with Gasteiger partial charge in [0.25, 0.3) is 0 Å². The fraction of sp³-hybridized carbons (Fsp3) is 1.00. The summed E-state index contributed by atoms with van der Waals surface area (Å²) >= 11 is 0. The molecule has 0 spiro atoms. The Morgan fingerprint density at radius 3 is 1.90 bits per heavy atom. The molecule has 0 heterocycles.